The van der Waals surface area contributed by atoms with Crippen LogP contribution in [0.5, 0.6) is 0 Å². The molecule has 0 aliphatic carbocycles. The molecule has 4 heteroatoms. The Kier molecular flexibility index (Phi) is 5.31. The smallest absolute Gasteiger partial charge is 0.307 e. The topological polar surface area (TPSA) is 74.6 Å². The molecule has 0 radical (unpaired) electrons. The Bertz CT molecular complexity index is 565. The number of aliphatic carboxylic acids is 2. The molecule has 0 saturated heterocycles. The van der Waals surface area contributed by atoms with Gasteiger partial charge in [0, 0.05) is 0 Å². The summed E-state index contributed by atoms with van der Waals surface area (Å²) in [5.74, 6) is -4.07. The third kappa shape index (κ3) is 4.19. The van der Waals surface area contributed by atoms with Crippen LogP contribution in [0.1, 0.15) is 11.1 Å². The van der Waals surface area contributed by atoms with Crippen LogP contribution in [0.4, 0.5) is 0 Å². The number of hydrogen-bond acceptors (Lipinski definition) is 2. The van der Waals surface area contributed by atoms with E-state index in [1.807, 2.05) is 60.7 Å². The second kappa shape index (κ2) is 7.41. The largest absolute Gasteiger partial charge is 0.481 e. The first-order chi connectivity index (χ1) is 10.6. The molecule has 2 aromatic carbocycles. The van der Waals surface area contributed by atoms with Crippen molar-refractivity contribution >= 4 is 11.9 Å². The molecule has 0 spiro atoms. The molecule has 114 valence electrons. The summed E-state index contributed by atoms with van der Waals surface area (Å²) >= 11 is 0. The van der Waals surface area contributed by atoms with Crippen molar-refractivity contribution < 1.29 is 19.8 Å². The molecule has 0 saturated carbocycles. The fraction of sp³-hybridized carbons (Fsp3) is 0.222. The second-order valence-electron chi connectivity index (χ2n) is 5.27. The molecule has 4 nitrogen and oxygen atoms in total. The molecule has 2 atom stereocenters. The van der Waals surface area contributed by atoms with Gasteiger partial charge in [0.1, 0.15) is 0 Å². The first-order valence-electron chi connectivity index (χ1n) is 7.11. The van der Waals surface area contributed by atoms with Crippen molar-refractivity contribution in [1.82, 2.24) is 0 Å². The van der Waals surface area contributed by atoms with E-state index >= 15 is 0 Å². The zero-order chi connectivity index (χ0) is 15.9. The number of carboxylic acids is 2. The maximum Gasteiger partial charge on any atom is 0.307 e. The molecule has 0 heterocycles. The molecule has 2 rings (SSSR count). The van der Waals surface area contributed by atoms with Crippen LogP contribution in [0.25, 0.3) is 0 Å². The maximum atomic E-state index is 11.6. The van der Waals surface area contributed by atoms with E-state index in [1.54, 1.807) is 0 Å². The van der Waals surface area contributed by atoms with Gasteiger partial charge in [-0.2, -0.15) is 0 Å². The average Bonchev–Trinajstić information content (AvgIpc) is 2.52. The monoisotopic (exact) mass is 298 g/mol. The van der Waals surface area contributed by atoms with Crippen LogP contribution in [-0.2, 0) is 22.4 Å². The van der Waals surface area contributed by atoms with Gasteiger partial charge in [-0.15, -0.1) is 0 Å². The highest BCUT2D eigenvalue weighted by molar-refractivity contribution is 5.80. The first-order valence-corrected chi connectivity index (χ1v) is 7.11. The van der Waals surface area contributed by atoms with Crippen LogP contribution >= 0.6 is 0 Å². The predicted octanol–water partition coefficient (Wildman–Crippen LogP) is 2.87. The summed E-state index contributed by atoms with van der Waals surface area (Å²) in [6.07, 6.45) is 0.417. The van der Waals surface area contributed by atoms with Crippen LogP contribution in [0.15, 0.2) is 60.7 Å². The summed E-state index contributed by atoms with van der Waals surface area (Å²) < 4.78 is 0. The lowest BCUT2D eigenvalue weighted by atomic mass is 9.83. The second-order valence-corrected chi connectivity index (χ2v) is 5.27. The van der Waals surface area contributed by atoms with E-state index < -0.39 is 23.8 Å². The van der Waals surface area contributed by atoms with Crippen molar-refractivity contribution in [3.8, 4) is 0 Å². The lowest BCUT2D eigenvalue weighted by Crippen LogP contribution is -2.33. The van der Waals surface area contributed by atoms with Crippen LogP contribution in [-0.4, -0.2) is 22.2 Å². The Morgan fingerprint density at radius 3 is 1.27 bits per heavy atom. The van der Waals surface area contributed by atoms with E-state index in [4.69, 9.17) is 0 Å². The van der Waals surface area contributed by atoms with Gasteiger partial charge in [-0.3, -0.25) is 9.59 Å². The van der Waals surface area contributed by atoms with Gasteiger partial charge in [-0.25, -0.2) is 0 Å². The molecule has 2 N–H and O–H groups in total. The molecular weight excluding hydrogens is 280 g/mol. The van der Waals surface area contributed by atoms with Crippen molar-refractivity contribution in [1.29, 1.82) is 0 Å². The molecule has 0 aliphatic heterocycles. The number of hydrogen-bond donors (Lipinski definition) is 2. The van der Waals surface area contributed by atoms with Gasteiger partial charge in [-0.05, 0) is 24.0 Å². The Hall–Kier alpha value is -2.62. The molecule has 1 unspecified atom stereocenters. The minimum Gasteiger partial charge on any atom is -0.481 e. The van der Waals surface area contributed by atoms with Crippen LogP contribution in [0, 0.1) is 11.8 Å². The molecular formula is C18H18O4. The van der Waals surface area contributed by atoms with Crippen molar-refractivity contribution in [2.24, 2.45) is 11.8 Å². The van der Waals surface area contributed by atoms with Gasteiger partial charge >= 0.3 is 11.9 Å². The lowest BCUT2D eigenvalue weighted by Gasteiger charge is -2.20. The fourth-order valence-corrected chi connectivity index (χ4v) is 2.54. The first kappa shape index (κ1) is 15.8. The standard InChI is InChI=1S/C18H18O4/c19-17(20)15(11-13-7-3-1-4-8-13)16(18(21)22)12-14-9-5-2-6-10-14/h1-10,15-16H,11-12H2,(H,19,20)(H,21,22)/t15-,16?/m1/s1. The SMILES string of the molecule is O=C(O)C(Cc1ccccc1)[C@@H](Cc1ccccc1)C(=O)O. The molecule has 0 aromatic heterocycles. The molecule has 2 aromatic rings. The van der Waals surface area contributed by atoms with E-state index in [9.17, 15) is 19.8 Å². The average molecular weight is 298 g/mol. The number of carbonyl (C=O) groups is 2. The quantitative estimate of drug-likeness (QED) is 0.824. The van der Waals surface area contributed by atoms with Crippen molar-refractivity contribution in [2.45, 2.75) is 12.8 Å². The maximum absolute atomic E-state index is 11.6. The van der Waals surface area contributed by atoms with Crippen LogP contribution < -0.4 is 0 Å². The minimum atomic E-state index is -1.08. The molecule has 0 aliphatic rings. The van der Waals surface area contributed by atoms with Gasteiger partial charge in [0.25, 0.3) is 0 Å². The summed E-state index contributed by atoms with van der Waals surface area (Å²) in [7, 11) is 0. The highest BCUT2D eigenvalue weighted by Crippen LogP contribution is 2.23. The molecule has 22 heavy (non-hydrogen) atoms. The Morgan fingerprint density at radius 1 is 0.682 bits per heavy atom. The predicted molar refractivity (Wildman–Crippen MR) is 82.5 cm³/mol. The van der Waals surface area contributed by atoms with Crippen LogP contribution in [0.3, 0.4) is 0 Å². The molecule has 0 bridgehead atoms. The van der Waals surface area contributed by atoms with Crippen LogP contribution in [0.2, 0.25) is 0 Å². The van der Waals surface area contributed by atoms with Gasteiger partial charge < -0.3 is 10.2 Å². The highest BCUT2D eigenvalue weighted by atomic mass is 16.4. The Balaban J connectivity index is 2.22. The number of benzene rings is 2. The lowest BCUT2D eigenvalue weighted by molar-refractivity contribution is -0.153. The zero-order valence-electron chi connectivity index (χ0n) is 12.1. The van der Waals surface area contributed by atoms with Gasteiger partial charge in [-0.1, -0.05) is 60.7 Å². The Labute approximate surface area is 129 Å². The van der Waals surface area contributed by atoms with Gasteiger partial charge in [0.2, 0.25) is 0 Å². The van der Waals surface area contributed by atoms with Gasteiger partial charge in [0.05, 0.1) is 11.8 Å². The van der Waals surface area contributed by atoms with E-state index in [0.717, 1.165) is 11.1 Å². The fourth-order valence-electron chi connectivity index (χ4n) is 2.54. The van der Waals surface area contributed by atoms with E-state index in [0.29, 0.717) is 0 Å². The van der Waals surface area contributed by atoms with E-state index in [1.165, 1.54) is 0 Å². The third-order valence-corrected chi connectivity index (χ3v) is 3.72. The molecule has 0 fully saturated rings. The minimum absolute atomic E-state index is 0.208. The highest BCUT2D eigenvalue weighted by Gasteiger charge is 2.33. The zero-order valence-corrected chi connectivity index (χ0v) is 12.1. The van der Waals surface area contributed by atoms with Crippen molar-refractivity contribution in [3.63, 3.8) is 0 Å². The normalized spacial score (nSPS) is 13.3. The summed E-state index contributed by atoms with van der Waals surface area (Å²) in [5.41, 5.74) is 1.66. The summed E-state index contributed by atoms with van der Waals surface area (Å²) in [6, 6.07) is 18.2. The number of rotatable bonds is 7. The van der Waals surface area contributed by atoms with E-state index in [-0.39, 0.29) is 12.8 Å². The summed E-state index contributed by atoms with van der Waals surface area (Å²) in [6.45, 7) is 0. The summed E-state index contributed by atoms with van der Waals surface area (Å²) in [4.78, 5) is 23.2. The number of carboxylic acid groups (broad SMARTS) is 2. The summed E-state index contributed by atoms with van der Waals surface area (Å²) in [5, 5.41) is 18.9. The molecule has 0 amide bonds. The van der Waals surface area contributed by atoms with Gasteiger partial charge in [0.15, 0.2) is 0 Å². The van der Waals surface area contributed by atoms with Crippen molar-refractivity contribution in [3.05, 3.63) is 71.8 Å². The Morgan fingerprint density at radius 2 is 1.00 bits per heavy atom. The third-order valence-electron chi connectivity index (χ3n) is 3.72. The van der Waals surface area contributed by atoms with Crippen molar-refractivity contribution in [2.75, 3.05) is 0 Å². The van der Waals surface area contributed by atoms with E-state index in [2.05, 4.69) is 0 Å².